The van der Waals surface area contributed by atoms with Crippen LogP contribution < -0.4 is 5.63 Å². The van der Waals surface area contributed by atoms with Crippen LogP contribution in [0.25, 0.3) is 12.2 Å². The van der Waals surface area contributed by atoms with E-state index in [2.05, 4.69) is 61.8 Å². The zero-order chi connectivity index (χ0) is 20.1. The predicted octanol–water partition coefficient (Wildman–Crippen LogP) is 7.24. The van der Waals surface area contributed by atoms with Crippen molar-refractivity contribution < 1.29 is 26.8 Å². The summed E-state index contributed by atoms with van der Waals surface area (Å²) in [6, 6.07) is 16.1. The van der Waals surface area contributed by atoms with Crippen molar-refractivity contribution in [3.05, 3.63) is 121 Å². The van der Waals surface area contributed by atoms with Gasteiger partial charge in [0.15, 0.2) is 0 Å². The molecule has 0 aliphatic heterocycles. The van der Waals surface area contributed by atoms with E-state index in [0.29, 0.717) is 0 Å². The van der Waals surface area contributed by atoms with Crippen LogP contribution in [0, 0.1) is 0 Å². The van der Waals surface area contributed by atoms with Gasteiger partial charge in [-0.15, -0.1) is 0 Å². The topological polar surface area (TPSA) is 18.5 Å². The molecule has 0 fully saturated rings. The van der Waals surface area contributed by atoms with Crippen LogP contribution in [-0.2, 0) is 21.1 Å². The number of allylic oxidation sites excluding steroid dienone is 8. The van der Waals surface area contributed by atoms with E-state index in [1.54, 1.807) is 0 Å². The zero-order valence-electron chi connectivity index (χ0n) is 16.3. The molecule has 2 aromatic carbocycles. The molecule has 0 unspecified atom stereocenters. The van der Waals surface area contributed by atoms with E-state index in [9.17, 15) is 0 Å². The molecular formula is C26H24O2Zr. The van der Waals surface area contributed by atoms with E-state index >= 15 is 0 Å². The molecule has 144 valence electrons. The minimum absolute atomic E-state index is 0.137. The molecule has 2 nitrogen and oxygen atoms in total. The third kappa shape index (κ3) is 3.93. The maximum absolute atomic E-state index is 6.97. The summed E-state index contributed by atoms with van der Waals surface area (Å²) in [5.41, 5.74) is 1.96. The van der Waals surface area contributed by atoms with Gasteiger partial charge in [-0.1, -0.05) is 0 Å². The first-order valence-electron chi connectivity index (χ1n) is 9.78. The normalized spacial score (nSPS) is 15.7. The Hall–Kier alpha value is -2.64. The molecule has 29 heavy (non-hydrogen) atoms. The number of hydrogen-bond acceptors (Lipinski definition) is 2. The summed E-state index contributed by atoms with van der Waals surface area (Å²) < 4.78 is 14.2. The Morgan fingerprint density at radius 3 is 1.38 bits per heavy atom. The second-order valence-electron chi connectivity index (χ2n) is 7.00. The van der Waals surface area contributed by atoms with Crippen LogP contribution in [0.2, 0.25) is 7.25 Å². The van der Waals surface area contributed by atoms with Crippen molar-refractivity contribution in [1.82, 2.24) is 0 Å². The summed E-state index contributed by atoms with van der Waals surface area (Å²) in [7, 11) is 0. The third-order valence-corrected chi connectivity index (χ3v) is 14.4. The third-order valence-electron chi connectivity index (χ3n) is 5.24. The summed E-state index contributed by atoms with van der Waals surface area (Å²) in [5, 5.41) is 0. The first-order valence-corrected chi connectivity index (χ1v) is 14.6. The fourth-order valence-corrected chi connectivity index (χ4v) is 12.6. The van der Waals surface area contributed by atoms with E-state index < -0.39 is 21.1 Å². The van der Waals surface area contributed by atoms with E-state index in [-0.39, 0.29) is 7.25 Å². The molecule has 0 atom stereocenters. The monoisotopic (exact) mass is 458 g/mol. The molecule has 0 amide bonds. The van der Waals surface area contributed by atoms with Gasteiger partial charge in [-0.25, -0.2) is 0 Å². The van der Waals surface area contributed by atoms with Gasteiger partial charge < -0.3 is 0 Å². The van der Waals surface area contributed by atoms with Gasteiger partial charge in [0.2, 0.25) is 0 Å². The van der Waals surface area contributed by atoms with Gasteiger partial charge in [-0.3, -0.25) is 0 Å². The first-order chi connectivity index (χ1) is 14.3. The van der Waals surface area contributed by atoms with Crippen LogP contribution in [0.15, 0.2) is 110 Å². The Kier molecular flexibility index (Phi) is 5.97. The van der Waals surface area contributed by atoms with Crippen molar-refractivity contribution in [2.45, 2.75) is 7.25 Å². The van der Waals surface area contributed by atoms with Gasteiger partial charge in [-0.05, 0) is 0 Å². The quantitative estimate of drug-likeness (QED) is 0.414. The molecule has 0 spiro atoms. The predicted molar refractivity (Wildman–Crippen MR) is 118 cm³/mol. The Morgan fingerprint density at radius 2 is 1.00 bits per heavy atom. The molecule has 2 aromatic rings. The molecule has 4 rings (SSSR count). The van der Waals surface area contributed by atoms with E-state index in [0.717, 1.165) is 22.6 Å². The molecule has 0 radical (unpaired) electrons. The Bertz CT molecular complexity index is 921. The van der Waals surface area contributed by atoms with Crippen LogP contribution in [0.5, 0.6) is 11.5 Å². The number of benzene rings is 2. The summed E-state index contributed by atoms with van der Waals surface area (Å²) in [6.07, 6.45) is 20.9. The van der Waals surface area contributed by atoms with E-state index in [4.69, 9.17) is 5.63 Å². The van der Waals surface area contributed by atoms with Gasteiger partial charge >= 0.3 is 179 Å². The fraction of sp³-hybridized carbons (Fsp3) is 0.0769. The van der Waals surface area contributed by atoms with Gasteiger partial charge in [0, 0.05) is 0 Å². The van der Waals surface area contributed by atoms with Crippen LogP contribution >= 0.6 is 0 Å². The molecular weight excluding hydrogens is 436 g/mol. The minimum atomic E-state index is -3.95. The molecule has 0 N–H and O–H groups in total. The molecule has 3 heteroatoms. The summed E-state index contributed by atoms with van der Waals surface area (Å²) in [4.78, 5) is 0. The van der Waals surface area contributed by atoms with E-state index in [1.807, 2.05) is 60.7 Å². The Balaban J connectivity index is 1.86. The second-order valence-corrected chi connectivity index (χ2v) is 14.8. The van der Waals surface area contributed by atoms with Crippen LogP contribution in [0.4, 0.5) is 0 Å². The van der Waals surface area contributed by atoms with Crippen molar-refractivity contribution >= 4 is 12.2 Å². The average molecular weight is 460 g/mol. The summed E-state index contributed by atoms with van der Waals surface area (Å²) in [6.45, 7) is 7.92. The fourth-order valence-electron chi connectivity index (χ4n) is 3.74. The Morgan fingerprint density at radius 1 is 0.621 bits per heavy atom. The van der Waals surface area contributed by atoms with Crippen LogP contribution in [0.3, 0.4) is 0 Å². The van der Waals surface area contributed by atoms with Gasteiger partial charge in [0.1, 0.15) is 0 Å². The SMILES string of the molecule is C=Cc1ccccc1[O][Zr]([O]c1ccccc1C=C)([CH]1C=CC=C1)[CH]1C=CC=C1. The van der Waals surface area contributed by atoms with Crippen LogP contribution in [0.1, 0.15) is 11.1 Å². The first kappa shape index (κ1) is 19.7. The molecule has 2 aliphatic rings. The molecule has 0 saturated heterocycles. The average Bonchev–Trinajstić information content (AvgIpc) is 3.48. The van der Waals surface area contributed by atoms with Crippen molar-refractivity contribution in [2.24, 2.45) is 0 Å². The Labute approximate surface area is 178 Å². The van der Waals surface area contributed by atoms with Crippen molar-refractivity contribution in [3.63, 3.8) is 0 Å². The summed E-state index contributed by atoms with van der Waals surface area (Å²) >= 11 is -3.95. The van der Waals surface area contributed by atoms with Crippen molar-refractivity contribution in [3.8, 4) is 11.5 Å². The van der Waals surface area contributed by atoms with Gasteiger partial charge in [-0.2, -0.15) is 0 Å². The standard InChI is InChI=1S/2C8H8O.2C5H5.Zr/c2*1-2-7-5-3-4-6-8(7)9;2*1-2-4-5-3-1;/h2*2-6,9H,1H2;2*1-5H;/q;;;;+2/p-2. The van der Waals surface area contributed by atoms with Crippen LogP contribution in [-0.4, -0.2) is 0 Å². The number of rotatable bonds is 8. The molecule has 0 saturated carbocycles. The zero-order valence-corrected chi connectivity index (χ0v) is 18.7. The second kappa shape index (κ2) is 8.80. The van der Waals surface area contributed by atoms with Crippen molar-refractivity contribution in [1.29, 1.82) is 0 Å². The molecule has 0 aromatic heterocycles. The van der Waals surface area contributed by atoms with E-state index in [1.165, 1.54) is 0 Å². The van der Waals surface area contributed by atoms with Gasteiger partial charge in [0.25, 0.3) is 0 Å². The van der Waals surface area contributed by atoms with Gasteiger partial charge in [0.05, 0.1) is 0 Å². The maximum atomic E-state index is 6.97. The number of para-hydroxylation sites is 2. The molecule has 2 aliphatic carbocycles. The molecule has 0 bridgehead atoms. The number of hydrogen-bond donors (Lipinski definition) is 0. The summed E-state index contributed by atoms with van der Waals surface area (Å²) in [5.74, 6) is 1.66. The molecule has 0 heterocycles. The van der Waals surface area contributed by atoms with Crippen molar-refractivity contribution in [2.75, 3.05) is 0 Å².